The predicted molar refractivity (Wildman–Crippen MR) is 65.1 cm³/mol. The Morgan fingerprint density at radius 2 is 2.22 bits per heavy atom. The Balaban J connectivity index is 1.95. The van der Waals surface area contributed by atoms with E-state index in [1.165, 1.54) is 10.7 Å². The minimum atomic E-state index is -0.160. The van der Waals surface area contributed by atoms with Gasteiger partial charge in [0.2, 0.25) is 0 Å². The van der Waals surface area contributed by atoms with Gasteiger partial charge in [0.25, 0.3) is 5.56 Å². The van der Waals surface area contributed by atoms with Crippen LogP contribution in [0.3, 0.4) is 0 Å². The molecule has 0 N–H and O–H groups in total. The number of rotatable bonds is 4. The average molecular weight is 241 g/mol. The molecule has 2 rings (SSSR count). The van der Waals surface area contributed by atoms with E-state index >= 15 is 0 Å². The Morgan fingerprint density at radius 3 is 3.00 bits per heavy atom. The van der Waals surface area contributed by atoms with Crippen molar-refractivity contribution in [2.75, 3.05) is 6.61 Å². The van der Waals surface area contributed by atoms with Crippen LogP contribution in [0.5, 0.6) is 5.75 Å². The average Bonchev–Trinajstić information content (AvgIpc) is 2.41. The fourth-order valence-corrected chi connectivity index (χ4v) is 1.46. The van der Waals surface area contributed by atoms with Gasteiger partial charge in [0, 0.05) is 12.3 Å². The molecule has 0 aliphatic heterocycles. The maximum atomic E-state index is 11.4. The van der Waals surface area contributed by atoms with E-state index in [0.29, 0.717) is 24.5 Å². The van der Waals surface area contributed by atoms with Crippen LogP contribution in [0.2, 0.25) is 0 Å². The topological polar surface area (TPSA) is 67.9 Å². The summed E-state index contributed by atoms with van der Waals surface area (Å²) in [6, 6.07) is 12.0. The van der Waals surface area contributed by atoms with Gasteiger partial charge in [0.05, 0.1) is 18.2 Å². The molecule has 1 aromatic heterocycles. The minimum Gasteiger partial charge on any atom is -0.492 e. The van der Waals surface area contributed by atoms with Gasteiger partial charge in [0.1, 0.15) is 12.4 Å². The summed E-state index contributed by atoms with van der Waals surface area (Å²) in [6.07, 6.45) is 1.55. The molecule has 1 heterocycles. The number of benzene rings is 1. The van der Waals surface area contributed by atoms with E-state index in [4.69, 9.17) is 10.00 Å². The molecule has 0 fully saturated rings. The molecule has 0 aliphatic rings. The molecular weight excluding hydrogens is 230 g/mol. The molecule has 0 radical (unpaired) electrons. The van der Waals surface area contributed by atoms with Gasteiger partial charge in [0.15, 0.2) is 0 Å². The Hall–Kier alpha value is -2.61. The number of nitriles is 1. The van der Waals surface area contributed by atoms with Crippen molar-refractivity contribution in [1.29, 1.82) is 5.26 Å². The van der Waals surface area contributed by atoms with Crippen LogP contribution in [0.25, 0.3) is 0 Å². The Morgan fingerprint density at radius 1 is 1.33 bits per heavy atom. The van der Waals surface area contributed by atoms with E-state index in [-0.39, 0.29) is 5.56 Å². The predicted octanol–water partition coefficient (Wildman–Crippen LogP) is 1.19. The summed E-state index contributed by atoms with van der Waals surface area (Å²) in [7, 11) is 0. The van der Waals surface area contributed by atoms with Crippen LogP contribution in [0.1, 0.15) is 5.56 Å². The van der Waals surface area contributed by atoms with Crippen molar-refractivity contribution >= 4 is 0 Å². The fraction of sp³-hybridized carbons (Fsp3) is 0.154. The van der Waals surface area contributed by atoms with Crippen molar-refractivity contribution in [3.05, 3.63) is 58.5 Å². The zero-order chi connectivity index (χ0) is 12.8. The van der Waals surface area contributed by atoms with Crippen molar-refractivity contribution in [2.24, 2.45) is 0 Å². The molecule has 0 saturated heterocycles. The smallest absolute Gasteiger partial charge is 0.266 e. The van der Waals surface area contributed by atoms with E-state index in [9.17, 15) is 4.79 Å². The standard InChI is InChI=1S/C13H11N3O2/c14-10-11-3-1-4-12(9-11)18-8-7-16-13(17)5-2-6-15-16/h1-6,9H,7-8H2. The van der Waals surface area contributed by atoms with Crippen molar-refractivity contribution in [1.82, 2.24) is 9.78 Å². The third kappa shape index (κ3) is 2.95. The van der Waals surface area contributed by atoms with Gasteiger partial charge >= 0.3 is 0 Å². The van der Waals surface area contributed by atoms with E-state index < -0.39 is 0 Å². The second-order valence-corrected chi connectivity index (χ2v) is 3.57. The first-order valence-electron chi connectivity index (χ1n) is 5.45. The van der Waals surface area contributed by atoms with Gasteiger partial charge in [-0.2, -0.15) is 10.4 Å². The fourth-order valence-electron chi connectivity index (χ4n) is 1.46. The number of ether oxygens (including phenoxy) is 1. The van der Waals surface area contributed by atoms with Gasteiger partial charge in [-0.1, -0.05) is 6.07 Å². The highest BCUT2D eigenvalue weighted by molar-refractivity contribution is 5.36. The molecule has 1 aromatic carbocycles. The summed E-state index contributed by atoms with van der Waals surface area (Å²) in [5.74, 6) is 0.609. The summed E-state index contributed by atoms with van der Waals surface area (Å²) in [4.78, 5) is 11.4. The lowest BCUT2D eigenvalue weighted by Crippen LogP contribution is -2.24. The maximum Gasteiger partial charge on any atom is 0.266 e. The largest absolute Gasteiger partial charge is 0.492 e. The molecule has 0 atom stereocenters. The normalized spacial score (nSPS) is 9.72. The summed E-state index contributed by atoms with van der Waals surface area (Å²) in [5.41, 5.74) is 0.384. The SMILES string of the molecule is N#Cc1cccc(OCCn2ncccc2=O)c1. The van der Waals surface area contributed by atoms with Crippen LogP contribution < -0.4 is 10.3 Å². The van der Waals surface area contributed by atoms with Crippen LogP contribution in [-0.2, 0) is 6.54 Å². The van der Waals surface area contributed by atoms with Gasteiger partial charge in [-0.05, 0) is 24.3 Å². The summed E-state index contributed by atoms with van der Waals surface area (Å²) in [6.45, 7) is 0.697. The van der Waals surface area contributed by atoms with Crippen LogP contribution in [0.4, 0.5) is 0 Å². The highest BCUT2D eigenvalue weighted by atomic mass is 16.5. The number of hydrogen-bond donors (Lipinski definition) is 0. The van der Waals surface area contributed by atoms with Crippen LogP contribution in [-0.4, -0.2) is 16.4 Å². The molecule has 0 saturated carbocycles. The van der Waals surface area contributed by atoms with Gasteiger partial charge < -0.3 is 4.74 Å². The lowest BCUT2D eigenvalue weighted by atomic mass is 10.2. The number of aromatic nitrogens is 2. The minimum absolute atomic E-state index is 0.160. The van der Waals surface area contributed by atoms with Crippen molar-refractivity contribution in [3.8, 4) is 11.8 Å². The Bertz CT molecular complexity index is 628. The van der Waals surface area contributed by atoms with E-state index in [1.807, 2.05) is 6.07 Å². The molecule has 90 valence electrons. The summed E-state index contributed by atoms with van der Waals surface area (Å²) >= 11 is 0. The molecule has 0 aliphatic carbocycles. The highest BCUT2D eigenvalue weighted by Crippen LogP contribution is 2.12. The first-order chi connectivity index (χ1) is 8.79. The highest BCUT2D eigenvalue weighted by Gasteiger charge is 1.98. The van der Waals surface area contributed by atoms with E-state index in [1.54, 1.807) is 36.5 Å². The van der Waals surface area contributed by atoms with Gasteiger partial charge in [-0.3, -0.25) is 4.79 Å². The van der Waals surface area contributed by atoms with Crippen LogP contribution >= 0.6 is 0 Å². The zero-order valence-corrected chi connectivity index (χ0v) is 9.61. The summed E-state index contributed by atoms with van der Waals surface area (Å²) in [5, 5.41) is 12.7. The lowest BCUT2D eigenvalue weighted by molar-refractivity contribution is 0.287. The first kappa shape index (κ1) is 11.9. The zero-order valence-electron chi connectivity index (χ0n) is 9.61. The Labute approximate surface area is 104 Å². The molecule has 0 unspecified atom stereocenters. The number of hydrogen-bond acceptors (Lipinski definition) is 4. The third-order valence-electron chi connectivity index (χ3n) is 2.32. The first-order valence-corrected chi connectivity index (χ1v) is 5.45. The molecule has 0 bridgehead atoms. The monoisotopic (exact) mass is 241 g/mol. The maximum absolute atomic E-state index is 11.4. The second-order valence-electron chi connectivity index (χ2n) is 3.57. The van der Waals surface area contributed by atoms with Crippen LogP contribution in [0, 0.1) is 11.3 Å². The van der Waals surface area contributed by atoms with Gasteiger partial charge in [-0.15, -0.1) is 0 Å². The lowest BCUT2D eigenvalue weighted by Gasteiger charge is -2.07. The quantitative estimate of drug-likeness (QED) is 0.806. The molecule has 0 spiro atoms. The van der Waals surface area contributed by atoms with E-state index in [0.717, 1.165) is 0 Å². The molecule has 5 nitrogen and oxygen atoms in total. The molecule has 2 aromatic rings. The molecule has 0 amide bonds. The van der Waals surface area contributed by atoms with E-state index in [2.05, 4.69) is 5.10 Å². The van der Waals surface area contributed by atoms with Gasteiger partial charge in [-0.25, -0.2) is 4.68 Å². The second kappa shape index (κ2) is 5.64. The summed E-state index contributed by atoms with van der Waals surface area (Å²) < 4.78 is 6.78. The van der Waals surface area contributed by atoms with Crippen LogP contribution in [0.15, 0.2) is 47.4 Å². The molecule has 18 heavy (non-hydrogen) atoms. The molecular formula is C13H11N3O2. The Kier molecular flexibility index (Phi) is 3.72. The van der Waals surface area contributed by atoms with Crippen molar-refractivity contribution in [3.63, 3.8) is 0 Å². The third-order valence-corrected chi connectivity index (χ3v) is 2.32. The van der Waals surface area contributed by atoms with Crippen molar-refractivity contribution in [2.45, 2.75) is 6.54 Å². The van der Waals surface area contributed by atoms with Crippen molar-refractivity contribution < 1.29 is 4.74 Å². The number of nitrogens with zero attached hydrogens (tertiary/aromatic N) is 3. The molecule has 5 heteroatoms.